The quantitative estimate of drug-likeness (QED) is 0.749. The molecule has 0 heterocycles. The molecule has 0 aromatic heterocycles. The van der Waals surface area contributed by atoms with Crippen LogP contribution in [-0.2, 0) is 19.3 Å². The number of fused-ring (bicyclic) bond motifs is 1. The van der Waals surface area contributed by atoms with Crippen LogP contribution in [0.1, 0.15) is 36.0 Å². The molecule has 0 unspecified atom stereocenters. The summed E-state index contributed by atoms with van der Waals surface area (Å²) in [6.45, 7) is 1.19. The van der Waals surface area contributed by atoms with Crippen LogP contribution in [0.4, 0.5) is 0 Å². The van der Waals surface area contributed by atoms with E-state index in [4.69, 9.17) is 0 Å². The van der Waals surface area contributed by atoms with Crippen molar-refractivity contribution in [1.82, 2.24) is 4.90 Å². The molecule has 1 aliphatic rings. The van der Waals surface area contributed by atoms with Gasteiger partial charge in [-0.1, -0.05) is 18.2 Å². The van der Waals surface area contributed by atoms with Crippen LogP contribution in [-0.4, -0.2) is 25.5 Å². The Morgan fingerprint density at radius 1 is 1.06 bits per heavy atom. The van der Waals surface area contributed by atoms with E-state index in [0.717, 1.165) is 0 Å². The summed E-state index contributed by atoms with van der Waals surface area (Å²) >= 11 is 0. The zero-order valence-electron chi connectivity index (χ0n) is 10.6. The van der Waals surface area contributed by atoms with Crippen LogP contribution in [0, 0.1) is 0 Å². The minimum atomic E-state index is 1.19. The minimum Gasteiger partial charge on any atom is -0.309 e. The molecule has 1 nitrogen and oxygen atoms in total. The highest BCUT2D eigenvalue weighted by Crippen LogP contribution is 2.22. The molecule has 0 radical (unpaired) electrons. The third kappa shape index (κ3) is 3.08. The van der Waals surface area contributed by atoms with Crippen LogP contribution in [0.5, 0.6) is 0 Å². The Morgan fingerprint density at radius 2 is 1.81 bits per heavy atom. The predicted molar refractivity (Wildman–Crippen MR) is 70.0 cm³/mol. The van der Waals surface area contributed by atoms with Crippen LogP contribution in [0.25, 0.3) is 0 Å². The van der Waals surface area contributed by atoms with E-state index in [1.54, 1.807) is 11.1 Å². The first-order valence-corrected chi connectivity index (χ1v) is 6.51. The molecule has 1 aromatic carbocycles. The number of benzene rings is 1. The van der Waals surface area contributed by atoms with Gasteiger partial charge in [0.15, 0.2) is 0 Å². The van der Waals surface area contributed by atoms with Crippen LogP contribution in [0.15, 0.2) is 18.2 Å². The molecule has 16 heavy (non-hydrogen) atoms. The number of rotatable bonds is 4. The SMILES string of the molecule is CN(C)CCCc1ccc2c(c1)CCCC2. The topological polar surface area (TPSA) is 3.24 Å². The van der Waals surface area contributed by atoms with Gasteiger partial charge < -0.3 is 4.90 Å². The summed E-state index contributed by atoms with van der Waals surface area (Å²) in [7, 11) is 4.29. The largest absolute Gasteiger partial charge is 0.309 e. The monoisotopic (exact) mass is 217 g/mol. The Bertz CT molecular complexity index is 341. The molecule has 0 aliphatic heterocycles. The molecular weight excluding hydrogens is 194 g/mol. The van der Waals surface area contributed by atoms with E-state index in [2.05, 4.69) is 37.2 Å². The third-order valence-electron chi connectivity index (χ3n) is 3.48. The van der Waals surface area contributed by atoms with E-state index in [1.165, 1.54) is 50.6 Å². The summed E-state index contributed by atoms with van der Waals surface area (Å²) in [5.41, 5.74) is 4.75. The molecule has 0 spiro atoms. The molecule has 1 aromatic rings. The van der Waals surface area contributed by atoms with Gasteiger partial charge in [-0.05, 0) is 75.9 Å². The fourth-order valence-corrected chi connectivity index (χ4v) is 2.54. The number of hydrogen-bond donors (Lipinski definition) is 0. The predicted octanol–water partition coefficient (Wildman–Crippen LogP) is 3.06. The van der Waals surface area contributed by atoms with Crippen molar-refractivity contribution in [2.45, 2.75) is 38.5 Å². The standard InChI is InChI=1S/C15H23N/c1-16(2)11-5-6-13-9-10-14-7-3-4-8-15(14)12-13/h9-10,12H,3-8,11H2,1-2H3. The second-order valence-electron chi connectivity index (χ2n) is 5.22. The van der Waals surface area contributed by atoms with Gasteiger partial charge >= 0.3 is 0 Å². The van der Waals surface area contributed by atoms with Gasteiger partial charge in [0.2, 0.25) is 0 Å². The Morgan fingerprint density at radius 3 is 2.56 bits per heavy atom. The highest BCUT2D eigenvalue weighted by Gasteiger charge is 2.09. The number of hydrogen-bond acceptors (Lipinski definition) is 1. The summed E-state index contributed by atoms with van der Waals surface area (Å²) in [4.78, 5) is 2.26. The highest BCUT2D eigenvalue weighted by molar-refractivity contribution is 5.33. The van der Waals surface area contributed by atoms with Crippen LogP contribution >= 0.6 is 0 Å². The van der Waals surface area contributed by atoms with Gasteiger partial charge in [-0.15, -0.1) is 0 Å². The molecule has 2 rings (SSSR count). The summed E-state index contributed by atoms with van der Waals surface area (Å²) in [5, 5.41) is 0. The van der Waals surface area contributed by atoms with E-state index >= 15 is 0 Å². The Balaban J connectivity index is 1.95. The maximum Gasteiger partial charge on any atom is -0.00217 e. The van der Waals surface area contributed by atoms with Gasteiger partial charge in [-0.3, -0.25) is 0 Å². The van der Waals surface area contributed by atoms with Crippen molar-refractivity contribution in [3.05, 3.63) is 34.9 Å². The van der Waals surface area contributed by atoms with Crippen molar-refractivity contribution >= 4 is 0 Å². The van der Waals surface area contributed by atoms with E-state index in [1.807, 2.05) is 0 Å². The van der Waals surface area contributed by atoms with Crippen LogP contribution in [0.3, 0.4) is 0 Å². The molecule has 1 heteroatoms. The lowest BCUT2D eigenvalue weighted by atomic mass is 9.90. The summed E-state index contributed by atoms with van der Waals surface area (Å²) in [5.74, 6) is 0. The first-order valence-electron chi connectivity index (χ1n) is 6.51. The van der Waals surface area contributed by atoms with Gasteiger partial charge in [0, 0.05) is 0 Å². The lowest BCUT2D eigenvalue weighted by Gasteiger charge is -2.17. The molecule has 0 fully saturated rings. The summed E-state index contributed by atoms with van der Waals surface area (Å²) in [6, 6.07) is 7.14. The lowest BCUT2D eigenvalue weighted by Crippen LogP contribution is -2.13. The molecule has 0 bridgehead atoms. The van der Waals surface area contributed by atoms with Gasteiger partial charge in [0.25, 0.3) is 0 Å². The minimum absolute atomic E-state index is 1.19. The normalized spacial score (nSPS) is 15.2. The van der Waals surface area contributed by atoms with Crippen molar-refractivity contribution in [3.63, 3.8) is 0 Å². The zero-order chi connectivity index (χ0) is 11.4. The first-order chi connectivity index (χ1) is 7.75. The average molecular weight is 217 g/mol. The fraction of sp³-hybridized carbons (Fsp3) is 0.600. The van der Waals surface area contributed by atoms with E-state index < -0.39 is 0 Å². The number of aryl methyl sites for hydroxylation is 3. The second kappa shape index (κ2) is 5.49. The van der Waals surface area contributed by atoms with Crippen molar-refractivity contribution < 1.29 is 0 Å². The molecule has 1 aliphatic carbocycles. The second-order valence-corrected chi connectivity index (χ2v) is 5.22. The van der Waals surface area contributed by atoms with Gasteiger partial charge in [0.05, 0.1) is 0 Å². The van der Waals surface area contributed by atoms with E-state index in [9.17, 15) is 0 Å². The average Bonchev–Trinajstić information content (AvgIpc) is 2.28. The molecular formula is C15H23N. The van der Waals surface area contributed by atoms with Crippen molar-refractivity contribution in [2.75, 3.05) is 20.6 Å². The molecule has 0 saturated carbocycles. The third-order valence-corrected chi connectivity index (χ3v) is 3.48. The maximum absolute atomic E-state index is 2.45. The fourth-order valence-electron chi connectivity index (χ4n) is 2.54. The highest BCUT2D eigenvalue weighted by atomic mass is 15.0. The van der Waals surface area contributed by atoms with Crippen LogP contribution in [0.2, 0.25) is 0 Å². The van der Waals surface area contributed by atoms with Crippen molar-refractivity contribution in [1.29, 1.82) is 0 Å². The Kier molecular flexibility index (Phi) is 4.00. The van der Waals surface area contributed by atoms with Crippen molar-refractivity contribution in [3.8, 4) is 0 Å². The molecule has 0 atom stereocenters. The lowest BCUT2D eigenvalue weighted by molar-refractivity contribution is 0.400. The molecule has 88 valence electrons. The van der Waals surface area contributed by atoms with E-state index in [-0.39, 0.29) is 0 Å². The van der Waals surface area contributed by atoms with Gasteiger partial charge in [-0.25, -0.2) is 0 Å². The summed E-state index contributed by atoms with van der Waals surface area (Å²) in [6.07, 6.45) is 7.86. The van der Waals surface area contributed by atoms with Gasteiger partial charge in [-0.2, -0.15) is 0 Å². The number of nitrogens with zero attached hydrogens (tertiary/aromatic N) is 1. The maximum atomic E-state index is 2.45. The molecule has 0 amide bonds. The summed E-state index contributed by atoms with van der Waals surface area (Å²) < 4.78 is 0. The zero-order valence-corrected chi connectivity index (χ0v) is 10.6. The van der Waals surface area contributed by atoms with E-state index in [0.29, 0.717) is 0 Å². The Labute approximate surface area is 99.5 Å². The Hall–Kier alpha value is -0.820. The first kappa shape index (κ1) is 11.7. The van der Waals surface area contributed by atoms with Crippen molar-refractivity contribution in [2.24, 2.45) is 0 Å². The van der Waals surface area contributed by atoms with Crippen LogP contribution < -0.4 is 0 Å². The smallest absolute Gasteiger partial charge is 0.00217 e. The van der Waals surface area contributed by atoms with Gasteiger partial charge in [0.1, 0.15) is 0 Å². The molecule has 0 saturated heterocycles. The molecule has 0 N–H and O–H groups in total.